The second-order valence-electron chi connectivity index (χ2n) is 3.50. The number of nitrogens with zero attached hydrogens (tertiary/aromatic N) is 1. The predicted molar refractivity (Wildman–Crippen MR) is 58.2 cm³/mol. The predicted octanol–water partition coefficient (Wildman–Crippen LogP) is 2.39. The maximum atomic E-state index is 11.8. The first-order valence-corrected chi connectivity index (χ1v) is 5.29. The third kappa shape index (κ3) is 5.33. The Labute approximate surface area is 106 Å². The zero-order chi connectivity index (χ0) is 13.8. The number of aromatic nitrogens is 1. The van der Waals surface area contributed by atoms with Gasteiger partial charge in [-0.05, 0) is 19.1 Å². The van der Waals surface area contributed by atoms with Crippen molar-refractivity contribution in [2.45, 2.75) is 19.3 Å². The summed E-state index contributed by atoms with van der Waals surface area (Å²) in [6.07, 6.45) is -3.48. The second-order valence-corrected chi connectivity index (χ2v) is 3.89. The molecular formula is C10H10ClF3N2O2. The van der Waals surface area contributed by atoms with Gasteiger partial charge in [-0.25, -0.2) is 4.98 Å². The number of hydrogen-bond acceptors (Lipinski definition) is 3. The van der Waals surface area contributed by atoms with E-state index in [4.69, 9.17) is 11.6 Å². The van der Waals surface area contributed by atoms with E-state index in [1.54, 1.807) is 0 Å². The zero-order valence-electron chi connectivity index (χ0n) is 9.29. The van der Waals surface area contributed by atoms with E-state index in [9.17, 15) is 18.0 Å². The fourth-order valence-electron chi connectivity index (χ4n) is 1.08. The van der Waals surface area contributed by atoms with Crippen molar-refractivity contribution in [2.24, 2.45) is 0 Å². The van der Waals surface area contributed by atoms with Crippen LogP contribution in [0.4, 0.5) is 13.2 Å². The Morgan fingerprint density at radius 2 is 2.22 bits per heavy atom. The summed E-state index contributed by atoms with van der Waals surface area (Å²) in [5, 5.41) is 2.56. The summed E-state index contributed by atoms with van der Waals surface area (Å²) in [5.74, 6) is -0.544. The topological polar surface area (TPSA) is 51.2 Å². The minimum absolute atomic E-state index is 0.207. The van der Waals surface area contributed by atoms with Gasteiger partial charge in [-0.2, -0.15) is 0 Å². The molecule has 0 radical (unpaired) electrons. The summed E-state index contributed by atoms with van der Waals surface area (Å²) in [6, 6.07) is 2.05. The van der Waals surface area contributed by atoms with Gasteiger partial charge in [0, 0.05) is 6.20 Å². The fourth-order valence-corrected chi connectivity index (χ4v) is 1.19. The van der Waals surface area contributed by atoms with Crippen molar-refractivity contribution in [3.63, 3.8) is 0 Å². The number of hydrogen-bond donors (Lipinski definition) is 1. The van der Waals surface area contributed by atoms with Gasteiger partial charge >= 0.3 is 6.36 Å². The quantitative estimate of drug-likeness (QED) is 0.863. The molecule has 1 aromatic heterocycles. The van der Waals surface area contributed by atoms with Crippen LogP contribution < -0.4 is 5.32 Å². The number of rotatable bonds is 4. The van der Waals surface area contributed by atoms with E-state index < -0.39 is 24.9 Å². The van der Waals surface area contributed by atoms with Gasteiger partial charge in [-0.3, -0.25) is 9.53 Å². The van der Waals surface area contributed by atoms with Crippen molar-refractivity contribution < 1.29 is 22.7 Å². The van der Waals surface area contributed by atoms with Crippen molar-refractivity contribution in [3.8, 4) is 0 Å². The fraction of sp³-hybridized carbons (Fsp3) is 0.400. The van der Waals surface area contributed by atoms with E-state index in [0.717, 1.165) is 0 Å². The van der Waals surface area contributed by atoms with Gasteiger partial charge in [0.15, 0.2) is 0 Å². The van der Waals surface area contributed by atoms with E-state index in [1.165, 1.54) is 25.3 Å². The van der Waals surface area contributed by atoms with Gasteiger partial charge < -0.3 is 5.32 Å². The van der Waals surface area contributed by atoms with Crippen LogP contribution in [-0.2, 0) is 4.74 Å². The molecule has 1 atom stereocenters. The molecule has 0 saturated carbocycles. The molecule has 0 fully saturated rings. The lowest BCUT2D eigenvalue weighted by Gasteiger charge is -2.15. The lowest BCUT2D eigenvalue weighted by molar-refractivity contribution is -0.325. The number of halogens is 4. The van der Waals surface area contributed by atoms with Crippen molar-refractivity contribution >= 4 is 17.5 Å². The number of carbonyl (C=O) groups excluding carboxylic acids is 1. The molecule has 4 nitrogen and oxygen atoms in total. The molecular weight excluding hydrogens is 273 g/mol. The summed E-state index contributed by atoms with van der Waals surface area (Å²) in [7, 11) is 0. The van der Waals surface area contributed by atoms with Gasteiger partial charge in [0.25, 0.3) is 5.91 Å². The van der Waals surface area contributed by atoms with E-state index in [1.807, 2.05) is 0 Å². The van der Waals surface area contributed by atoms with Gasteiger partial charge in [0.2, 0.25) is 0 Å². The summed E-state index contributed by atoms with van der Waals surface area (Å²) < 4.78 is 38.9. The molecule has 0 spiro atoms. The smallest absolute Gasteiger partial charge is 0.347 e. The van der Waals surface area contributed by atoms with Crippen LogP contribution in [0.25, 0.3) is 0 Å². The molecule has 0 aliphatic heterocycles. The van der Waals surface area contributed by atoms with Crippen LogP contribution in [0.3, 0.4) is 0 Å². The molecule has 1 heterocycles. The molecule has 100 valence electrons. The first-order valence-electron chi connectivity index (χ1n) is 4.91. The molecule has 1 N–H and O–H groups in total. The average molecular weight is 283 g/mol. The maximum Gasteiger partial charge on any atom is 0.522 e. The van der Waals surface area contributed by atoms with Gasteiger partial charge in [-0.1, -0.05) is 11.6 Å². The van der Waals surface area contributed by atoms with Crippen LogP contribution in [0.1, 0.15) is 17.3 Å². The van der Waals surface area contributed by atoms with Crippen molar-refractivity contribution in [2.75, 3.05) is 6.61 Å². The molecule has 0 bridgehead atoms. The summed E-state index contributed by atoms with van der Waals surface area (Å²) in [6.45, 7) is 0.739. The molecule has 1 aromatic rings. The highest BCUT2D eigenvalue weighted by molar-refractivity contribution is 6.29. The van der Waals surface area contributed by atoms with Crippen LogP contribution >= 0.6 is 11.6 Å². The third-order valence-electron chi connectivity index (χ3n) is 1.86. The molecule has 1 amide bonds. The highest BCUT2D eigenvalue weighted by Crippen LogP contribution is 2.16. The monoisotopic (exact) mass is 282 g/mol. The molecule has 0 aromatic carbocycles. The van der Waals surface area contributed by atoms with E-state index in [0.29, 0.717) is 0 Å². The lowest BCUT2D eigenvalue weighted by Crippen LogP contribution is -2.37. The Kier molecular flexibility index (Phi) is 4.92. The van der Waals surface area contributed by atoms with Crippen LogP contribution in [0.15, 0.2) is 18.3 Å². The Hall–Kier alpha value is -1.34. The van der Waals surface area contributed by atoms with E-state index in [-0.39, 0.29) is 10.7 Å². The van der Waals surface area contributed by atoms with E-state index in [2.05, 4.69) is 15.0 Å². The molecule has 18 heavy (non-hydrogen) atoms. The lowest BCUT2D eigenvalue weighted by atomic mass is 10.2. The molecule has 0 saturated heterocycles. The highest BCUT2D eigenvalue weighted by Gasteiger charge is 2.29. The zero-order valence-corrected chi connectivity index (χ0v) is 10.0. The number of amides is 1. The largest absolute Gasteiger partial charge is 0.522 e. The average Bonchev–Trinajstić information content (AvgIpc) is 2.26. The second kappa shape index (κ2) is 6.01. The van der Waals surface area contributed by atoms with E-state index >= 15 is 0 Å². The van der Waals surface area contributed by atoms with Gasteiger partial charge in [0.05, 0.1) is 18.2 Å². The van der Waals surface area contributed by atoms with Gasteiger partial charge in [0.1, 0.15) is 5.15 Å². The molecule has 0 aliphatic rings. The van der Waals surface area contributed by atoms with Crippen LogP contribution in [0.2, 0.25) is 5.15 Å². The minimum Gasteiger partial charge on any atom is -0.347 e. The normalized spacial score (nSPS) is 13.2. The van der Waals surface area contributed by atoms with Crippen molar-refractivity contribution in [3.05, 3.63) is 29.0 Å². The number of alkyl halides is 3. The number of pyridine rings is 1. The maximum absolute atomic E-state index is 11.8. The van der Waals surface area contributed by atoms with Crippen molar-refractivity contribution in [1.29, 1.82) is 0 Å². The van der Waals surface area contributed by atoms with Crippen LogP contribution in [0, 0.1) is 0 Å². The molecule has 1 rings (SSSR count). The summed E-state index contributed by atoms with van der Waals surface area (Å²) in [5.41, 5.74) is 0.207. The first-order chi connectivity index (χ1) is 8.28. The van der Waals surface area contributed by atoms with Crippen molar-refractivity contribution in [1.82, 2.24) is 10.3 Å². The Morgan fingerprint density at radius 1 is 1.56 bits per heavy atom. The standard InChI is InChI=1S/C10H10ClF3N2O2/c1-6(5-18-10(12,13)14)16-9(17)7-2-3-8(11)15-4-7/h2-4,6H,5H2,1H3,(H,16,17). The number of nitrogens with one attached hydrogen (secondary N) is 1. The number of carbonyl (C=O) groups is 1. The highest BCUT2D eigenvalue weighted by atomic mass is 35.5. The van der Waals surface area contributed by atoms with Crippen LogP contribution in [-0.4, -0.2) is 29.9 Å². The Morgan fingerprint density at radius 3 is 2.72 bits per heavy atom. The summed E-state index contributed by atoms with van der Waals surface area (Å²) >= 11 is 5.53. The Balaban J connectivity index is 2.47. The third-order valence-corrected chi connectivity index (χ3v) is 2.09. The summed E-state index contributed by atoms with van der Waals surface area (Å²) in [4.78, 5) is 15.2. The molecule has 0 aliphatic carbocycles. The molecule has 8 heteroatoms. The SMILES string of the molecule is CC(COC(F)(F)F)NC(=O)c1ccc(Cl)nc1. The number of ether oxygens (including phenoxy) is 1. The van der Waals surface area contributed by atoms with Crippen LogP contribution in [0.5, 0.6) is 0 Å². The minimum atomic E-state index is -4.71. The van der Waals surface area contributed by atoms with Gasteiger partial charge in [-0.15, -0.1) is 13.2 Å². The Bertz CT molecular complexity index is 409. The molecule has 1 unspecified atom stereocenters. The first kappa shape index (κ1) is 14.7.